The molecule has 0 aliphatic carbocycles. The summed E-state index contributed by atoms with van der Waals surface area (Å²) in [4.78, 5) is 10.6. The topological polar surface area (TPSA) is 72.6 Å². The molecule has 0 unspecified atom stereocenters. The number of hydrogen-bond donors (Lipinski definition) is 1. The molecule has 2 rings (SSSR count). The van der Waals surface area contributed by atoms with Gasteiger partial charge in [0.1, 0.15) is 11.5 Å². The number of phenols is 1. The summed E-state index contributed by atoms with van der Waals surface area (Å²) in [6, 6.07) is 8.79. The maximum atomic E-state index is 11.1. The molecular weight excluding hydrogens is 270 g/mol. The van der Waals surface area contributed by atoms with Crippen LogP contribution in [0.1, 0.15) is 0 Å². The molecule has 0 aliphatic rings. The van der Waals surface area contributed by atoms with E-state index in [1.165, 1.54) is 25.3 Å². The first-order chi connectivity index (χ1) is 9.02. The first-order valence-corrected chi connectivity index (χ1v) is 5.72. The number of hydrogen-bond acceptors (Lipinski definition) is 4. The molecule has 0 saturated heterocycles. The second-order valence-electron chi connectivity index (χ2n) is 3.80. The Morgan fingerprint density at radius 1 is 1.21 bits per heavy atom. The Labute approximate surface area is 114 Å². The Kier molecular flexibility index (Phi) is 3.57. The standard InChI is InChI=1S/C13H10ClNO4/c1-19-13-7-9(16)3-5-11(13)10-4-2-8(14)6-12(10)15(17)18/h2-7,16H,1H3. The Bertz CT molecular complexity index is 643. The SMILES string of the molecule is COc1cc(O)ccc1-c1ccc(Cl)cc1[N+](=O)[O-]. The van der Waals surface area contributed by atoms with Gasteiger partial charge in [-0.3, -0.25) is 10.1 Å². The molecule has 2 aromatic carbocycles. The van der Waals surface area contributed by atoms with Crippen LogP contribution in [0.3, 0.4) is 0 Å². The third-order valence-corrected chi connectivity index (χ3v) is 2.87. The van der Waals surface area contributed by atoms with Crippen molar-refractivity contribution < 1.29 is 14.8 Å². The number of halogens is 1. The predicted octanol–water partition coefficient (Wildman–Crippen LogP) is 3.63. The highest BCUT2D eigenvalue weighted by Gasteiger charge is 2.19. The average Bonchev–Trinajstić information content (AvgIpc) is 2.38. The number of nitro groups is 1. The van der Waals surface area contributed by atoms with Crippen molar-refractivity contribution in [1.82, 2.24) is 0 Å². The maximum absolute atomic E-state index is 11.1. The van der Waals surface area contributed by atoms with E-state index in [9.17, 15) is 15.2 Å². The number of rotatable bonds is 3. The normalized spacial score (nSPS) is 10.2. The monoisotopic (exact) mass is 279 g/mol. The molecule has 0 spiro atoms. The molecule has 2 aromatic rings. The van der Waals surface area contributed by atoms with Gasteiger partial charge in [0.05, 0.1) is 17.6 Å². The van der Waals surface area contributed by atoms with Crippen LogP contribution < -0.4 is 4.74 Å². The number of aromatic hydroxyl groups is 1. The van der Waals surface area contributed by atoms with E-state index in [2.05, 4.69) is 0 Å². The van der Waals surface area contributed by atoms with Gasteiger partial charge in [-0.2, -0.15) is 0 Å². The molecule has 0 bridgehead atoms. The zero-order valence-electron chi connectivity index (χ0n) is 9.96. The van der Waals surface area contributed by atoms with E-state index in [0.29, 0.717) is 16.9 Å². The molecule has 0 saturated carbocycles. The first kappa shape index (κ1) is 13.2. The number of nitro benzene ring substituents is 1. The van der Waals surface area contributed by atoms with Gasteiger partial charge in [0.15, 0.2) is 0 Å². The smallest absolute Gasteiger partial charge is 0.278 e. The summed E-state index contributed by atoms with van der Waals surface area (Å²) < 4.78 is 5.13. The minimum Gasteiger partial charge on any atom is -0.508 e. The zero-order chi connectivity index (χ0) is 14.0. The molecule has 98 valence electrons. The van der Waals surface area contributed by atoms with Gasteiger partial charge < -0.3 is 9.84 Å². The van der Waals surface area contributed by atoms with Crippen molar-refractivity contribution in [3.05, 3.63) is 51.5 Å². The van der Waals surface area contributed by atoms with Crippen molar-refractivity contribution in [1.29, 1.82) is 0 Å². The average molecular weight is 280 g/mol. The maximum Gasteiger partial charge on any atom is 0.278 e. The van der Waals surface area contributed by atoms with Crippen LogP contribution in [-0.2, 0) is 0 Å². The van der Waals surface area contributed by atoms with Crippen molar-refractivity contribution in [3.63, 3.8) is 0 Å². The molecule has 19 heavy (non-hydrogen) atoms. The lowest BCUT2D eigenvalue weighted by Gasteiger charge is -2.09. The largest absolute Gasteiger partial charge is 0.508 e. The fourth-order valence-electron chi connectivity index (χ4n) is 1.79. The summed E-state index contributed by atoms with van der Waals surface area (Å²) >= 11 is 5.77. The van der Waals surface area contributed by atoms with Gasteiger partial charge >= 0.3 is 0 Å². The Morgan fingerprint density at radius 3 is 2.53 bits per heavy atom. The highest BCUT2D eigenvalue weighted by Crippen LogP contribution is 2.38. The van der Waals surface area contributed by atoms with Gasteiger partial charge in [-0.1, -0.05) is 11.6 Å². The van der Waals surface area contributed by atoms with Gasteiger partial charge in [0, 0.05) is 22.7 Å². The molecule has 0 fully saturated rings. The Hall–Kier alpha value is -2.27. The number of phenolic OH excluding ortho intramolecular Hbond substituents is 1. The van der Waals surface area contributed by atoms with E-state index >= 15 is 0 Å². The lowest BCUT2D eigenvalue weighted by Crippen LogP contribution is -1.94. The van der Waals surface area contributed by atoms with E-state index < -0.39 is 4.92 Å². The molecule has 6 heteroatoms. The summed E-state index contributed by atoms with van der Waals surface area (Å²) in [5.41, 5.74) is 0.784. The highest BCUT2D eigenvalue weighted by atomic mass is 35.5. The lowest BCUT2D eigenvalue weighted by molar-refractivity contribution is -0.384. The Morgan fingerprint density at radius 2 is 1.89 bits per heavy atom. The summed E-state index contributed by atoms with van der Waals surface area (Å²) in [5, 5.41) is 20.8. The molecule has 1 N–H and O–H groups in total. The number of benzene rings is 2. The second kappa shape index (κ2) is 5.16. The van der Waals surface area contributed by atoms with Gasteiger partial charge in [-0.25, -0.2) is 0 Å². The van der Waals surface area contributed by atoms with Crippen LogP contribution in [0, 0.1) is 10.1 Å². The third-order valence-electron chi connectivity index (χ3n) is 2.63. The van der Waals surface area contributed by atoms with E-state index in [1.807, 2.05) is 0 Å². The van der Waals surface area contributed by atoms with Crippen LogP contribution in [0.25, 0.3) is 11.1 Å². The molecule has 0 amide bonds. The molecule has 0 aromatic heterocycles. The van der Waals surface area contributed by atoms with Crippen LogP contribution in [0.4, 0.5) is 5.69 Å². The van der Waals surface area contributed by atoms with Gasteiger partial charge in [-0.15, -0.1) is 0 Å². The molecule has 0 atom stereocenters. The highest BCUT2D eigenvalue weighted by molar-refractivity contribution is 6.31. The van der Waals surface area contributed by atoms with Crippen molar-refractivity contribution in [2.75, 3.05) is 7.11 Å². The van der Waals surface area contributed by atoms with Gasteiger partial charge in [0.25, 0.3) is 5.69 Å². The molecule has 0 aliphatic heterocycles. The number of ether oxygens (including phenoxy) is 1. The Balaban J connectivity index is 2.68. The quantitative estimate of drug-likeness (QED) is 0.688. The van der Waals surface area contributed by atoms with E-state index in [0.717, 1.165) is 0 Å². The minimum absolute atomic E-state index is 0.0252. The summed E-state index contributed by atoms with van der Waals surface area (Å²) in [5.74, 6) is 0.377. The van der Waals surface area contributed by atoms with Crippen molar-refractivity contribution in [2.45, 2.75) is 0 Å². The molecular formula is C13H10ClNO4. The van der Waals surface area contributed by atoms with Crippen LogP contribution in [0.2, 0.25) is 5.02 Å². The van der Waals surface area contributed by atoms with Crippen molar-refractivity contribution >= 4 is 17.3 Å². The minimum atomic E-state index is -0.506. The van der Waals surface area contributed by atoms with Crippen LogP contribution in [0.15, 0.2) is 36.4 Å². The summed E-state index contributed by atoms with van der Waals surface area (Å²) in [6.45, 7) is 0. The van der Waals surface area contributed by atoms with Crippen LogP contribution in [0.5, 0.6) is 11.5 Å². The number of methoxy groups -OCH3 is 1. The van der Waals surface area contributed by atoms with E-state index in [-0.39, 0.29) is 16.5 Å². The first-order valence-electron chi connectivity index (χ1n) is 5.34. The van der Waals surface area contributed by atoms with Gasteiger partial charge in [0.2, 0.25) is 0 Å². The number of nitrogens with zero attached hydrogens (tertiary/aromatic N) is 1. The van der Waals surface area contributed by atoms with Crippen LogP contribution >= 0.6 is 11.6 Å². The van der Waals surface area contributed by atoms with Crippen LogP contribution in [-0.4, -0.2) is 17.1 Å². The fourth-order valence-corrected chi connectivity index (χ4v) is 1.95. The lowest BCUT2D eigenvalue weighted by atomic mass is 10.0. The summed E-state index contributed by atoms with van der Waals surface area (Å²) in [7, 11) is 1.43. The van der Waals surface area contributed by atoms with Crippen molar-refractivity contribution in [3.8, 4) is 22.6 Å². The predicted molar refractivity (Wildman–Crippen MR) is 71.8 cm³/mol. The molecule has 5 nitrogen and oxygen atoms in total. The van der Waals surface area contributed by atoms with Gasteiger partial charge in [-0.05, 0) is 24.3 Å². The van der Waals surface area contributed by atoms with E-state index in [1.54, 1.807) is 18.2 Å². The van der Waals surface area contributed by atoms with E-state index in [4.69, 9.17) is 16.3 Å². The fraction of sp³-hybridized carbons (Fsp3) is 0.0769. The third kappa shape index (κ3) is 2.61. The zero-order valence-corrected chi connectivity index (χ0v) is 10.7. The summed E-state index contributed by atoms with van der Waals surface area (Å²) in [6.07, 6.45) is 0. The van der Waals surface area contributed by atoms with Crippen molar-refractivity contribution in [2.24, 2.45) is 0 Å². The molecule has 0 radical (unpaired) electrons. The second-order valence-corrected chi connectivity index (χ2v) is 4.24. The molecule has 0 heterocycles.